The second kappa shape index (κ2) is 7.59. The van der Waals surface area contributed by atoms with E-state index in [2.05, 4.69) is 16.9 Å². The number of nitrogens with zero attached hydrogens (tertiary/aromatic N) is 2. The Balaban J connectivity index is 1.79. The third kappa shape index (κ3) is 3.95. The molecule has 3 rings (SSSR count). The molecule has 1 amide bonds. The van der Waals surface area contributed by atoms with Crippen LogP contribution in [0, 0.1) is 5.82 Å². The van der Waals surface area contributed by atoms with Crippen LogP contribution in [0.5, 0.6) is 0 Å². The summed E-state index contributed by atoms with van der Waals surface area (Å²) in [5, 5.41) is 0. The molecule has 0 spiro atoms. The third-order valence-electron chi connectivity index (χ3n) is 4.53. The number of unbranched alkanes of at least 4 members (excludes halogenated alkanes) is 2. The highest BCUT2D eigenvalue weighted by Crippen LogP contribution is 2.19. The first kappa shape index (κ1) is 17.3. The van der Waals surface area contributed by atoms with Crippen molar-refractivity contribution in [1.82, 2.24) is 14.9 Å². The van der Waals surface area contributed by atoms with Crippen molar-refractivity contribution in [3.05, 3.63) is 51.7 Å². The summed E-state index contributed by atoms with van der Waals surface area (Å²) < 4.78 is 13.1. The van der Waals surface area contributed by atoms with Crippen molar-refractivity contribution in [2.45, 2.75) is 45.6 Å². The molecule has 0 atom stereocenters. The van der Waals surface area contributed by atoms with Crippen molar-refractivity contribution < 1.29 is 9.18 Å². The quantitative estimate of drug-likeness (QED) is 0.849. The number of aromatic amines is 1. The molecule has 1 N–H and O–H groups in total. The summed E-state index contributed by atoms with van der Waals surface area (Å²) in [5.41, 5.74) is 1.72. The molecule has 2 aromatic rings. The van der Waals surface area contributed by atoms with Crippen molar-refractivity contribution in [2.24, 2.45) is 0 Å². The van der Waals surface area contributed by atoms with Crippen LogP contribution in [-0.4, -0.2) is 27.3 Å². The summed E-state index contributed by atoms with van der Waals surface area (Å²) >= 11 is 0. The number of fused-ring (bicyclic) bond motifs is 1. The van der Waals surface area contributed by atoms with E-state index in [1.807, 2.05) is 0 Å². The first-order chi connectivity index (χ1) is 12.1. The number of hydrogen-bond acceptors (Lipinski definition) is 3. The van der Waals surface area contributed by atoms with Crippen LogP contribution in [0.1, 0.15) is 43.9 Å². The molecule has 0 aliphatic carbocycles. The van der Waals surface area contributed by atoms with Crippen molar-refractivity contribution >= 4 is 5.91 Å². The number of carbonyl (C=O) groups is 1. The van der Waals surface area contributed by atoms with Crippen molar-refractivity contribution in [1.29, 1.82) is 0 Å². The van der Waals surface area contributed by atoms with Crippen LogP contribution < -0.4 is 5.56 Å². The molecule has 6 heteroatoms. The highest BCUT2D eigenvalue weighted by molar-refractivity contribution is 5.76. The average Bonchev–Trinajstić information content (AvgIpc) is 2.62. The summed E-state index contributed by atoms with van der Waals surface area (Å²) in [7, 11) is 0. The maximum absolute atomic E-state index is 13.1. The van der Waals surface area contributed by atoms with Gasteiger partial charge >= 0.3 is 0 Å². The second-order valence-corrected chi connectivity index (χ2v) is 6.37. The van der Waals surface area contributed by atoms with Gasteiger partial charge in [0, 0.05) is 24.9 Å². The Hall–Kier alpha value is -2.50. The largest absolute Gasteiger partial charge is 0.338 e. The van der Waals surface area contributed by atoms with E-state index in [1.165, 1.54) is 12.1 Å². The number of hydrogen-bond donors (Lipinski definition) is 1. The molecule has 1 aliphatic heterocycles. The fourth-order valence-electron chi connectivity index (χ4n) is 3.07. The van der Waals surface area contributed by atoms with Crippen LogP contribution >= 0.6 is 0 Å². The normalized spacial score (nSPS) is 13.6. The van der Waals surface area contributed by atoms with Gasteiger partial charge in [0.15, 0.2) is 0 Å². The molecule has 0 saturated heterocycles. The van der Waals surface area contributed by atoms with Crippen LogP contribution in [0.2, 0.25) is 0 Å². The van der Waals surface area contributed by atoms with Gasteiger partial charge in [-0.3, -0.25) is 9.59 Å². The molecule has 132 valence electrons. The number of nitrogens with one attached hydrogen (secondary N) is 1. The van der Waals surface area contributed by atoms with Gasteiger partial charge in [-0.15, -0.1) is 0 Å². The topological polar surface area (TPSA) is 66.1 Å². The zero-order valence-corrected chi connectivity index (χ0v) is 14.3. The zero-order chi connectivity index (χ0) is 17.8. The number of H-pyrrole nitrogens is 1. The van der Waals surface area contributed by atoms with Gasteiger partial charge in [0.1, 0.15) is 11.6 Å². The molecule has 1 aromatic heterocycles. The lowest BCUT2D eigenvalue weighted by atomic mass is 10.1. The fourth-order valence-corrected chi connectivity index (χ4v) is 3.07. The molecular formula is C19H22FN3O2. The van der Waals surface area contributed by atoms with E-state index in [4.69, 9.17) is 0 Å². The minimum absolute atomic E-state index is 0.0983. The maximum atomic E-state index is 13.1. The van der Waals surface area contributed by atoms with E-state index in [-0.39, 0.29) is 17.3 Å². The fraction of sp³-hybridized carbons (Fsp3) is 0.421. The number of carbonyl (C=O) groups excluding carboxylic acids is 1. The van der Waals surface area contributed by atoms with Gasteiger partial charge in [-0.25, -0.2) is 9.37 Å². The Bertz CT molecular complexity index is 814. The van der Waals surface area contributed by atoms with Gasteiger partial charge < -0.3 is 9.88 Å². The van der Waals surface area contributed by atoms with Gasteiger partial charge in [0.2, 0.25) is 5.91 Å². The minimum atomic E-state index is -0.332. The molecule has 25 heavy (non-hydrogen) atoms. The minimum Gasteiger partial charge on any atom is -0.338 e. The van der Waals surface area contributed by atoms with Crippen molar-refractivity contribution in [2.75, 3.05) is 6.54 Å². The third-order valence-corrected chi connectivity index (χ3v) is 4.53. The molecule has 0 fully saturated rings. The Kier molecular flexibility index (Phi) is 5.26. The summed E-state index contributed by atoms with van der Waals surface area (Å²) in [6.45, 7) is 3.00. The highest BCUT2D eigenvalue weighted by Gasteiger charge is 2.24. The van der Waals surface area contributed by atoms with Gasteiger partial charge in [-0.2, -0.15) is 0 Å². The van der Waals surface area contributed by atoms with E-state index in [0.29, 0.717) is 42.9 Å². The molecule has 0 radical (unpaired) electrons. The van der Waals surface area contributed by atoms with Crippen LogP contribution in [0.15, 0.2) is 29.1 Å². The standard InChI is InChI=1S/C19H22FN3O2/c1-2-3-4-5-17(24)23-11-10-16-15(12-23)19(25)22-18(21-16)13-6-8-14(20)9-7-13/h6-9H,2-5,10-12H2,1H3,(H,21,22,25). The lowest BCUT2D eigenvalue weighted by Gasteiger charge is -2.28. The molecule has 1 aromatic carbocycles. The van der Waals surface area contributed by atoms with E-state index >= 15 is 0 Å². The van der Waals surface area contributed by atoms with Crippen molar-refractivity contribution in [3.8, 4) is 11.4 Å². The zero-order valence-electron chi connectivity index (χ0n) is 14.3. The number of amides is 1. The molecule has 0 unspecified atom stereocenters. The maximum Gasteiger partial charge on any atom is 0.256 e. The van der Waals surface area contributed by atoms with Crippen LogP contribution in [0.4, 0.5) is 4.39 Å². The van der Waals surface area contributed by atoms with Crippen LogP contribution in [0.25, 0.3) is 11.4 Å². The predicted octanol–water partition coefficient (Wildman–Crippen LogP) is 3.04. The molecule has 0 bridgehead atoms. The highest BCUT2D eigenvalue weighted by atomic mass is 19.1. The number of halogens is 1. The molecule has 0 saturated carbocycles. The van der Waals surface area contributed by atoms with Gasteiger partial charge in [-0.1, -0.05) is 19.8 Å². The smallest absolute Gasteiger partial charge is 0.256 e. The summed E-state index contributed by atoms with van der Waals surface area (Å²) in [6, 6.07) is 5.86. The number of rotatable bonds is 5. The van der Waals surface area contributed by atoms with Crippen LogP contribution in [0.3, 0.4) is 0 Å². The molecule has 5 nitrogen and oxygen atoms in total. The Morgan fingerprint density at radius 3 is 2.76 bits per heavy atom. The summed E-state index contributed by atoms with van der Waals surface area (Å²) in [4.78, 5) is 33.7. The lowest BCUT2D eigenvalue weighted by molar-refractivity contribution is -0.132. The van der Waals surface area contributed by atoms with Gasteiger partial charge in [0.05, 0.1) is 17.8 Å². The number of benzene rings is 1. The Morgan fingerprint density at radius 2 is 2.04 bits per heavy atom. The number of aromatic nitrogens is 2. The first-order valence-electron chi connectivity index (χ1n) is 8.74. The van der Waals surface area contributed by atoms with E-state index in [1.54, 1.807) is 17.0 Å². The summed E-state index contributed by atoms with van der Waals surface area (Å²) in [6.07, 6.45) is 4.09. The van der Waals surface area contributed by atoms with Gasteiger partial charge in [0.25, 0.3) is 5.56 Å². The monoisotopic (exact) mass is 343 g/mol. The predicted molar refractivity (Wildman–Crippen MR) is 93.5 cm³/mol. The molecular weight excluding hydrogens is 321 g/mol. The summed E-state index contributed by atoms with van der Waals surface area (Å²) in [5.74, 6) is 0.203. The molecule has 2 heterocycles. The first-order valence-corrected chi connectivity index (χ1v) is 8.74. The van der Waals surface area contributed by atoms with Crippen molar-refractivity contribution in [3.63, 3.8) is 0 Å². The Morgan fingerprint density at radius 1 is 1.28 bits per heavy atom. The second-order valence-electron chi connectivity index (χ2n) is 6.37. The van der Waals surface area contributed by atoms with Gasteiger partial charge in [-0.05, 0) is 30.7 Å². The van der Waals surface area contributed by atoms with Crippen LogP contribution in [-0.2, 0) is 17.8 Å². The Labute approximate surface area is 145 Å². The lowest BCUT2D eigenvalue weighted by Crippen LogP contribution is -2.39. The molecule has 1 aliphatic rings. The van der Waals surface area contributed by atoms with E-state index in [0.717, 1.165) is 25.0 Å². The van der Waals surface area contributed by atoms with E-state index in [9.17, 15) is 14.0 Å². The van der Waals surface area contributed by atoms with E-state index < -0.39 is 0 Å². The SMILES string of the molecule is CCCCCC(=O)N1CCc2nc(-c3ccc(F)cc3)[nH]c(=O)c2C1. The average molecular weight is 343 g/mol.